The summed E-state index contributed by atoms with van der Waals surface area (Å²) in [4.78, 5) is 16.2. The van der Waals surface area contributed by atoms with E-state index in [9.17, 15) is 4.79 Å². The maximum absolute atomic E-state index is 11.9. The monoisotopic (exact) mass is 354 g/mol. The van der Waals surface area contributed by atoms with Crippen LogP contribution in [-0.4, -0.2) is 43.3 Å². The third-order valence-corrected chi connectivity index (χ3v) is 4.73. The minimum absolute atomic E-state index is 0.201. The van der Waals surface area contributed by atoms with E-state index in [1.165, 1.54) is 12.8 Å². The van der Waals surface area contributed by atoms with E-state index in [1.807, 2.05) is 27.8 Å². The van der Waals surface area contributed by atoms with Gasteiger partial charge in [0.25, 0.3) is 0 Å². The van der Waals surface area contributed by atoms with Crippen LogP contribution >= 0.6 is 0 Å². The van der Waals surface area contributed by atoms with Gasteiger partial charge in [0.05, 0.1) is 0 Å². The Hall–Kier alpha value is -1.46. The molecule has 1 aliphatic rings. The molecule has 0 aromatic heterocycles. The number of rotatable bonds is 6. The van der Waals surface area contributed by atoms with Crippen LogP contribution < -0.4 is 16.0 Å². The Morgan fingerprint density at radius 1 is 1.08 bits per heavy atom. The zero-order valence-corrected chi connectivity index (χ0v) is 16.9. The van der Waals surface area contributed by atoms with Crippen LogP contribution in [0.3, 0.4) is 0 Å². The van der Waals surface area contributed by atoms with Crippen LogP contribution in [-0.2, 0) is 4.74 Å². The lowest BCUT2D eigenvalue weighted by molar-refractivity contribution is 0.0490. The number of alkyl carbamates (subject to hydrolysis) is 1. The predicted octanol–water partition coefficient (Wildman–Crippen LogP) is 3.42. The molecule has 1 amide bonds. The first-order chi connectivity index (χ1) is 11.8. The fourth-order valence-electron chi connectivity index (χ4n) is 3.06. The smallest absolute Gasteiger partial charge is 0.407 e. The molecule has 6 heteroatoms. The van der Waals surface area contributed by atoms with E-state index in [2.05, 4.69) is 34.8 Å². The fraction of sp³-hybridized carbons (Fsp3) is 0.895. The van der Waals surface area contributed by atoms with Crippen molar-refractivity contribution < 1.29 is 9.53 Å². The van der Waals surface area contributed by atoms with Crippen LogP contribution in [0.15, 0.2) is 4.99 Å². The molecule has 6 nitrogen and oxygen atoms in total. The van der Waals surface area contributed by atoms with Crippen molar-refractivity contribution >= 4 is 12.1 Å². The summed E-state index contributed by atoms with van der Waals surface area (Å²) in [6.07, 6.45) is 6.01. The van der Waals surface area contributed by atoms with Gasteiger partial charge in [-0.2, -0.15) is 0 Å². The van der Waals surface area contributed by atoms with Crippen LogP contribution in [0, 0.1) is 5.92 Å². The zero-order valence-electron chi connectivity index (χ0n) is 16.9. The predicted molar refractivity (Wildman–Crippen MR) is 104 cm³/mol. The first kappa shape index (κ1) is 21.6. The van der Waals surface area contributed by atoms with Crippen molar-refractivity contribution in [3.05, 3.63) is 0 Å². The highest BCUT2D eigenvalue weighted by molar-refractivity contribution is 5.80. The Kier molecular flexibility index (Phi) is 9.08. The van der Waals surface area contributed by atoms with Gasteiger partial charge in [-0.3, -0.25) is 4.99 Å². The van der Waals surface area contributed by atoms with Crippen molar-refractivity contribution in [2.24, 2.45) is 10.9 Å². The third-order valence-electron chi connectivity index (χ3n) is 4.73. The van der Waals surface area contributed by atoms with Crippen LogP contribution in [0.25, 0.3) is 0 Å². The highest BCUT2D eigenvalue weighted by Crippen LogP contribution is 2.19. The third kappa shape index (κ3) is 8.98. The van der Waals surface area contributed by atoms with Gasteiger partial charge in [-0.15, -0.1) is 0 Å². The van der Waals surface area contributed by atoms with Gasteiger partial charge in [-0.25, -0.2) is 4.79 Å². The largest absolute Gasteiger partial charge is 0.444 e. The number of nitrogens with zero attached hydrogens (tertiary/aromatic N) is 1. The summed E-state index contributed by atoms with van der Waals surface area (Å²) >= 11 is 0. The molecule has 0 atom stereocenters. The summed E-state index contributed by atoms with van der Waals surface area (Å²) in [6.45, 7) is 11.1. The molecule has 0 spiro atoms. The zero-order chi connectivity index (χ0) is 18.9. The number of amides is 1. The number of guanidine groups is 1. The molecular weight excluding hydrogens is 316 g/mol. The first-order valence-corrected chi connectivity index (χ1v) is 9.74. The Morgan fingerprint density at radius 3 is 2.04 bits per heavy atom. The molecule has 0 radical (unpaired) electrons. The van der Waals surface area contributed by atoms with E-state index in [0.29, 0.717) is 12.0 Å². The van der Waals surface area contributed by atoms with Crippen LogP contribution in [0.4, 0.5) is 4.79 Å². The van der Waals surface area contributed by atoms with E-state index in [0.717, 1.165) is 38.2 Å². The van der Waals surface area contributed by atoms with E-state index in [1.54, 1.807) is 0 Å². The van der Waals surface area contributed by atoms with Crippen molar-refractivity contribution in [1.82, 2.24) is 16.0 Å². The van der Waals surface area contributed by atoms with Crippen LogP contribution in [0.5, 0.6) is 0 Å². The minimum atomic E-state index is -0.449. The summed E-state index contributed by atoms with van der Waals surface area (Å²) in [5.74, 6) is 1.57. The molecular formula is C19H38N4O2. The van der Waals surface area contributed by atoms with Gasteiger partial charge in [0, 0.05) is 25.7 Å². The summed E-state index contributed by atoms with van der Waals surface area (Å²) < 4.78 is 5.33. The molecule has 146 valence electrons. The number of nitrogens with one attached hydrogen (secondary N) is 3. The van der Waals surface area contributed by atoms with Crippen molar-refractivity contribution in [2.45, 2.75) is 90.8 Å². The van der Waals surface area contributed by atoms with Crippen molar-refractivity contribution in [2.75, 3.05) is 13.6 Å². The Balaban J connectivity index is 2.32. The second kappa shape index (κ2) is 10.5. The van der Waals surface area contributed by atoms with Crippen molar-refractivity contribution in [1.29, 1.82) is 0 Å². The Bertz CT molecular complexity index is 420. The average Bonchev–Trinajstić information content (AvgIpc) is 2.54. The van der Waals surface area contributed by atoms with E-state index in [-0.39, 0.29) is 12.1 Å². The van der Waals surface area contributed by atoms with Crippen LogP contribution in [0.2, 0.25) is 0 Å². The lowest BCUT2D eigenvalue weighted by Crippen LogP contribution is -2.48. The Labute approximate surface area is 153 Å². The van der Waals surface area contributed by atoms with Gasteiger partial charge >= 0.3 is 6.09 Å². The molecule has 0 heterocycles. The lowest BCUT2D eigenvalue weighted by Gasteiger charge is -2.31. The van der Waals surface area contributed by atoms with E-state index in [4.69, 9.17) is 4.74 Å². The molecule has 0 bridgehead atoms. The second-order valence-electron chi connectivity index (χ2n) is 7.97. The standard InChI is InChI=1S/C19H38N4O2/c1-7-14(8-2)13-21-17(20-6)22-15-9-11-16(12-10-15)23-18(24)25-19(3,4)5/h14-16H,7-13H2,1-6H3,(H,23,24)(H2,20,21,22). The Morgan fingerprint density at radius 2 is 1.60 bits per heavy atom. The second-order valence-corrected chi connectivity index (χ2v) is 7.97. The highest BCUT2D eigenvalue weighted by atomic mass is 16.6. The molecule has 1 rings (SSSR count). The molecule has 0 aromatic carbocycles. The number of carbonyl (C=O) groups is 1. The normalized spacial score (nSPS) is 21.8. The summed E-state index contributed by atoms with van der Waals surface area (Å²) in [5, 5.41) is 9.94. The van der Waals surface area contributed by atoms with E-state index < -0.39 is 5.60 Å². The molecule has 3 N–H and O–H groups in total. The van der Waals surface area contributed by atoms with Gasteiger partial charge in [0.2, 0.25) is 0 Å². The van der Waals surface area contributed by atoms with Crippen molar-refractivity contribution in [3.8, 4) is 0 Å². The maximum atomic E-state index is 11.9. The number of ether oxygens (including phenoxy) is 1. The van der Waals surface area contributed by atoms with Gasteiger partial charge in [0.1, 0.15) is 5.60 Å². The SMILES string of the molecule is CCC(CC)CNC(=NC)NC1CCC(NC(=O)OC(C)(C)C)CC1. The van der Waals surface area contributed by atoms with Gasteiger partial charge in [-0.05, 0) is 52.4 Å². The summed E-state index contributed by atoms with van der Waals surface area (Å²) in [6, 6.07) is 0.608. The quantitative estimate of drug-likeness (QED) is 0.505. The molecule has 25 heavy (non-hydrogen) atoms. The maximum Gasteiger partial charge on any atom is 0.407 e. The van der Waals surface area contributed by atoms with Gasteiger partial charge in [0.15, 0.2) is 5.96 Å². The van der Waals surface area contributed by atoms with Crippen LogP contribution in [0.1, 0.15) is 73.1 Å². The molecule has 1 saturated carbocycles. The molecule has 0 unspecified atom stereocenters. The fourth-order valence-corrected chi connectivity index (χ4v) is 3.06. The number of aliphatic imine (C=N–C) groups is 1. The van der Waals surface area contributed by atoms with Gasteiger partial charge < -0.3 is 20.7 Å². The molecule has 0 aliphatic heterocycles. The number of hydrogen-bond acceptors (Lipinski definition) is 3. The first-order valence-electron chi connectivity index (χ1n) is 9.74. The summed E-state index contributed by atoms with van der Waals surface area (Å²) in [5.41, 5.74) is -0.449. The molecule has 0 aromatic rings. The molecule has 0 saturated heterocycles. The molecule has 1 fully saturated rings. The average molecular weight is 355 g/mol. The van der Waals surface area contributed by atoms with Gasteiger partial charge in [-0.1, -0.05) is 26.7 Å². The lowest BCUT2D eigenvalue weighted by atomic mass is 9.91. The van der Waals surface area contributed by atoms with Crippen molar-refractivity contribution in [3.63, 3.8) is 0 Å². The summed E-state index contributed by atoms with van der Waals surface area (Å²) in [7, 11) is 1.82. The highest BCUT2D eigenvalue weighted by Gasteiger charge is 2.25. The number of hydrogen-bond donors (Lipinski definition) is 3. The molecule has 1 aliphatic carbocycles. The van der Waals surface area contributed by atoms with E-state index >= 15 is 0 Å². The number of carbonyl (C=O) groups excluding carboxylic acids is 1. The minimum Gasteiger partial charge on any atom is -0.444 e. The topological polar surface area (TPSA) is 74.8 Å².